The number of nitrogens with one attached hydrogen (secondary N) is 1. The van der Waals surface area contributed by atoms with Crippen molar-refractivity contribution in [3.63, 3.8) is 0 Å². The molecule has 3 rings (SSSR count). The molecule has 0 bridgehead atoms. The number of hydrogen-bond donors (Lipinski definition) is 1. The fourth-order valence-corrected chi connectivity index (χ4v) is 2.38. The Bertz CT molecular complexity index is 965. The van der Waals surface area contributed by atoms with Crippen LogP contribution in [0.1, 0.15) is 5.56 Å². The lowest BCUT2D eigenvalue weighted by atomic mass is 10.2. The van der Waals surface area contributed by atoms with E-state index in [4.69, 9.17) is 9.68 Å². The van der Waals surface area contributed by atoms with Gasteiger partial charge >= 0.3 is 5.76 Å². The number of nitriles is 1. The molecule has 0 spiro atoms. The maximum Gasteiger partial charge on any atom is 0.419 e. The van der Waals surface area contributed by atoms with Gasteiger partial charge in [0.2, 0.25) is 0 Å². The van der Waals surface area contributed by atoms with Crippen molar-refractivity contribution in [2.24, 2.45) is 0 Å². The molecule has 0 aliphatic carbocycles. The topological polar surface area (TPSA) is 87.1 Å². The highest BCUT2D eigenvalue weighted by molar-refractivity contribution is 5.79. The standard InChI is InChI=1S/C17H17N5O2/c1-21(2)8-9-22-14-10-13(5-6-15(14)24-17(22)23)20-16-12(11-18)4-3-7-19-16/h3-7,10H,8-9H2,1-2H3,(H,19,20). The monoisotopic (exact) mass is 323 g/mol. The third kappa shape index (κ3) is 3.14. The lowest BCUT2D eigenvalue weighted by Gasteiger charge is -2.10. The highest BCUT2D eigenvalue weighted by Gasteiger charge is 2.11. The Kier molecular flexibility index (Phi) is 4.31. The zero-order valence-corrected chi connectivity index (χ0v) is 13.5. The van der Waals surface area contributed by atoms with Crippen molar-refractivity contribution < 1.29 is 4.42 Å². The lowest BCUT2D eigenvalue weighted by Crippen LogP contribution is -2.23. The average Bonchev–Trinajstić information content (AvgIpc) is 2.88. The Morgan fingerprint density at radius 2 is 2.21 bits per heavy atom. The molecule has 0 saturated carbocycles. The van der Waals surface area contributed by atoms with E-state index in [0.29, 0.717) is 29.0 Å². The molecule has 0 saturated heterocycles. The summed E-state index contributed by atoms with van der Waals surface area (Å²) in [4.78, 5) is 18.2. The molecule has 3 aromatic rings. The number of benzene rings is 1. The average molecular weight is 323 g/mol. The molecule has 1 N–H and O–H groups in total. The van der Waals surface area contributed by atoms with Gasteiger partial charge in [0.15, 0.2) is 5.58 Å². The van der Waals surface area contributed by atoms with Crippen molar-refractivity contribution in [1.82, 2.24) is 14.5 Å². The Hall–Kier alpha value is -3.11. The van der Waals surface area contributed by atoms with Crippen LogP contribution in [0.25, 0.3) is 11.1 Å². The Morgan fingerprint density at radius 3 is 2.96 bits per heavy atom. The Balaban J connectivity index is 1.97. The predicted octanol–water partition coefficient (Wildman–Crippen LogP) is 2.17. The van der Waals surface area contributed by atoms with Gasteiger partial charge in [-0.15, -0.1) is 0 Å². The van der Waals surface area contributed by atoms with Gasteiger partial charge in [0.05, 0.1) is 11.1 Å². The number of oxazole rings is 1. The van der Waals surface area contributed by atoms with Crippen LogP contribution in [0, 0.1) is 11.3 Å². The van der Waals surface area contributed by atoms with Gasteiger partial charge in [0.1, 0.15) is 11.9 Å². The van der Waals surface area contributed by atoms with E-state index < -0.39 is 0 Å². The number of aromatic nitrogens is 2. The third-order valence-corrected chi connectivity index (χ3v) is 3.63. The smallest absolute Gasteiger partial charge is 0.408 e. The fraction of sp³-hybridized carbons (Fsp3) is 0.235. The first-order valence-corrected chi connectivity index (χ1v) is 7.49. The summed E-state index contributed by atoms with van der Waals surface area (Å²) < 4.78 is 6.88. The van der Waals surface area contributed by atoms with Gasteiger partial charge in [-0.05, 0) is 44.4 Å². The molecule has 7 heteroatoms. The van der Waals surface area contributed by atoms with Gasteiger partial charge in [-0.1, -0.05) is 0 Å². The van der Waals surface area contributed by atoms with Crippen LogP contribution in [-0.2, 0) is 6.54 Å². The maximum absolute atomic E-state index is 12.0. The molecule has 0 amide bonds. The number of rotatable bonds is 5. The highest BCUT2D eigenvalue weighted by atomic mass is 16.4. The van der Waals surface area contributed by atoms with Gasteiger partial charge in [-0.25, -0.2) is 9.78 Å². The largest absolute Gasteiger partial charge is 0.419 e. The molecule has 0 atom stereocenters. The van der Waals surface area contributed by atoms with Crippen LogP contribution in [0.4, 0.5) is 11.5 Å². The van der Waals surface area contributed by atoms with E-state index in [1.165, 1.54) is 0 Å². The van der Waals surface area contributed by atoms with Gasteiger partial charge < -0.3 is 14.6 Å². The molecular formula is C17H17N5O2. The van der Waals surface area contributed by atoms with E-state index >= 15 is 0 Å². The van der Waals surface area contributed by atoms with E-state index in [1.807, 2.05) is 25.1 Å². The van der Waals surface area contributed by atoms with Crippen molar-refractivity contribution in [1.29, 1.82) is 5.26 Å². The van der Waals surface area contributed by atoms with E-state index in [1.54, 1.807) is 35.0 Å². The van der Waals surface area contributed by atoms with Crippen LogP contribution in [-0.4, -0.2) is 35.1 Å². The predicted molar refractivity (Wildman–Crippen MR) is 91.3 cm³/mol. The Morgan fingerprint density at radius 1 is 1.38 bits per heavy atom. The third-order valence-electron chi connectivity index (χ3n) is 3.63. The number of fused-ring (bicyclic) bond motifs is 1. The molecule has 7 nitrogen and oxygen atoms in total. The number of anilines is 2. The van der Waals surface area contributed by atoms with Crippen molar-refractivity contribution in [3.8, 4) is 6.07 Å². The molecule has 0 unspecified atom stereocenters. The summed E-state index contributed by atoms with van der Waals surface area (Å²) in [6, 6.07) is 10.9. The molecule has 1 aromatic carbocycles. The second-order valence-electron chi connectivity index (χ2n) is 5.64. The van der Waals surface area contributed by atoms with Crippen molar-refractivity contribution in [2.75, 3.05) is 26.0 Å². The van der Waals surface area contributed by atoms with Crippen LogP contribution in [0.2, 0.25) is 0 Å². The minimum Gasteiger partial charge on any atom is -0.408 e. The summed E-state index contributed by atoms with van der Waals surface area (Å²) in [7, 11) is 3.90. The summed E-state index contributed by atoms with van der Waals surface area (Å²) >= 11 is 0. The Labute approximate surface area is 138 Å². The van der Waals surface area contributed by atoms with Gasteiger partial charge in [0, 0.05) is 25.0 Å². The summed E-state index contributed by atoms with van der Waals surface area (Å²) in [5.41, 5.74) is 2.43. The molecular weight excluding hydrogens is 306 g/mol. The summed E-state index contributed by atoms with van der Waals surface area (Å²) in [6.45, 7) is 1.26. The molecule has 0 aliphatic heterocycles. The van der Waals surface area contributed by atoms with Crippen LogP contribution < -0.4 is 11.1 Å². The number of pyridine rings is 1. The van der Waals surface area contributed by atoms with Crippen LogP contribution in [0.15, 0.2) is 45.7 Å². The van der Waals surface area contributed by atoms with Gasteiger partial charge in [-0.2, -0.15) is 5.26 Å². The quantitative estimate of drug-likeness (QED) is 0.774. The van der Waals surface area contributed by atoms with Crippen molar-refractivity contribution in [3.05, 3.63) is 52.6 Å². The minimum atomic E-state index is -0.375. The van der Waals surface area contributed by atoms with Crippen LogP contribution >= 0.6 is 0 Å². The normalized spacial score (nSPS) is 10.9. The summed E-state index contributed by atoms with van der Waals surface area (Å²) in [5, 5.41) is 12.3. The second-order valence-corrected chi connectivity index (χ2v) is 5.64. The first-order valence-electron chi connectivity index (χ1n) is 7.49. The highest BCUT2D eigenvalue weighted by Crippen LogP contribution is 2.22. The maximum atomic E-state index is 12.0. The number of hydrogen-bond acceptors (Lipinski definition) is 6. The molecule has 2 aromatic heterocycles. The van der Waals surface area contributed by atoms with E-state index in [0.717, 1.165) is 12.2 Å². The summed E-state index contributed by atoms with van der Waals surface area (Å²) in [5.74, 6) is 0.101. The molecule has 0 radical (unpaired) electrons. The zero-order chi connectivity index (χ0) is 17.1. The van der Waals surface area contributed by atoms with E-state index in [9.17, 15) is 4.79 Å². The molecule has 24 heavy (non-hydrogen) atoms. The first-order chi connectivity index (χ1) is 11.6. The van der Waals surface area contributed by atoms with Gasteiger partial charge in [-0.3, -0.25) is 4.57 Å². The SMILES string of the molecule is CN(C)CCn1c(=O)oc2ccc(Nc3ncccc3C#N)cc21. The molecule has 0 aliphatic rings. The van der Waals surface area contributed by atoms with Crippen molar-refractivity contribution in [2.45, 2.75) is 6.54 Å². The van der Waals surface area contributed by atoms with Crippen LogP contribution in [0.3, 0.4) is 0 Å². The van der Waals surface area contributed by atoms with E-state index in [2.05, 4.69) is 16.4 Å². The molecule has 122 valence electrons. The first kappa shape index (κ1) is 15.8. The molecule has 0 fully saturated rings. The minimum absolute atomic E-state index is 0.375. The second kappa shape index (κ2) is 6.56. The molecule has 2 heterocycles. The summed E-state index contributed by atoms with van der Waals surface area (Å²) in [6.07, 6.45) is 1.62. The zero-order valence-electron chi connectivity index (χ0n) is 13.5. The van der Waals surface area contributed by atoms with Crippen molar-refractivity contribution >= 4 is 22.6 Å². The number of nitrogens with zero attached hydrogens (tertiary/aromatic N) is 4. The van der Waals surface area contributed by atoms with Crippen LogP contribution in [0.5, 0.6) is 0 Å². The van der Waals surface area contributed by atoms with E-state index in [-0.39, 0.29) is 5.76 Å². The lowest BCUT2D eigenvalue weighted by molar-refractivity contribution is 0.374. The number of likely N-dealkylation sites (N-methyl/N-ethyl adjacent to an activating group) is 1. The van der Waals surface area contributed by atoms with Gasteiger partial charge in [0.25, 0.3) is 0 Å². The fourth-order valence-electron chi connectivity index (χ4n) is 2.38.